The van der Waals surface area contributed by atoms with Gasteiger partial charge in [0.25, 0.3) is 0 Å². The lowest BCUT2D eigenvalue weighted by molar-refractivity contribution is -0.142. The molecule has 2 rings (SSSR count). The van der Waals surface area contributed by atoms with Crippen molar-refractivity contribution in [2.45, 2.75) is 116 Å². The maximum absolute atomic E-state index is 14.0. The van der Waals surface area contributed by atoms with Gasteiger partial charge in [-0.2, -0.15) is 0 Å². The first-order valence-electron chi connectivity index (χ1n) is 18.8. The fourth-order valence-corrected chi connectivity index (χ4v) is 5.86. The van der Waals surface area contributed by atoms with Crippen LogP contribution < -0.4 is 32.3 Å². The molecule has 0 heterocycles. The van der Waals surface area contributed by atoms with Crippen LogP contribution in [-0.2, 0) is 46.4 Å². The molecule has 16 heteroatoms. The fourth-order valence-electron chi connectivity index (χ4n) is 5.86. The van der Waals surface area contributed by atoms with Crippen LogP contribution in [0.5, 0.6) is 5.75 Å². The van der Waals surface area contributed by atoms with Crippen molar-refractivity contribution in [1.29, 1.82) is 0 Å². The van der Waals surface area contributed by atoms with E-state index in [1.807, 2.05) is 27.7 Å². The first-order valence-corrected chi connectivity index (χ1v) is 18.8. The van der Waals surface area contributed by atoms with Crippen LogP contribution in [-0.4, -0.2) is 93.0 Å². The minimum absolute atomic E-state index is 0.0177. The number of carboxylic acid groups (broad SMARTS) is 2. The van der Waals surface area contributed by atoms with Crippen molar-refractivity contribution in [2.24, 2.45) is 23.5 Å². The van der Waals surface area contributed by atoms with Crippen LogP contribution in [0.25, 0.3) is 0 Å². The zero-order chi connectivity index (χ0) is 42.1. The van der Waals surface area contributed by atoms with Gasteiger partial charge in [-0.3, -0.25) is 28.8 Å². The minimum Gasteiger partial charge on any atom is -0.508 e. The predicted octanol–water partition coefficient (Wildman–Crippen LogP) is 1.63. The highest BCUT2D eigenvalue weighted by molar-refractivity contribution is 5.96. The Kier molecular flexibility index (Phi) is 19.0. The zero-order valence-corrected chi connectivity index (χ0v) is 32.9. The number of phenols is 1. The van der Waals surface area contributed by atoms with Gasteiger partial charge in [-0.15, -0.1) is 0 Å². The Hall–Kier alpha value is -5.51. The van der Waals surface area contributed by atoms with Crippen LogP contribution in [0.3, 0.4) is 0 Å². The lowest BCUT2D eigenvalue weighted by Gasteiger charge is -2.28. The Morgan fingerprint density at radius 2 is 1.05 bits per heavy atom. The molecule has 0 aliphatic heterocycles. The smallest absolute Gasteiger partial charge is 0.326 e. The Balaban J connectivity index is 2.39. The molecule has 0 aliphatic carbocycles. The quantitative estimate of drug-likeness (QED) is 0.0782. The molecule has 0 fully saturated rings. The van der Waals surface area contributed by atoms with E-state index in [2.05, 4.69) is 26.6 Å². The number of nitrogens with one attached hydrogen (secondary N) is 5. The summed E-state index contributed by atoms with van der Waals surface area (Å²) < 4.78 is 0. The Morgan fingerprint density at radius 1 is 0.571 bits per heavy atom. The predicted molar refractivity (Wildman–Crippen MR) is 208 cm³/mol. The van der Waals surface area contributed by atoms with Crippen LogP contribution in [0, 0.1) is 17.8 Å². The Bertz CT molecular complexity index is 1630. The third kappa shape index (κ3) is 16.5. The first-order chi connectivity index (χ1) is 26.3. The number of carbonyl (C=O) groups is 7. The van der Waals surface area contributed by atoms with Gasteiger partial charge in [-0.1, -0.05) is 84.0 Å². The summed E-state index contributed by atoms with van der Waals surface area (Å²) in [5.41, 5.74) is 7.20. The second kappa shape index (κ2) is 22.8. The molecular weight excluding hydrogens is 724 g/mol. The van der Waals surface area contributed by atoms with Gasteiger partial charge in [-0.05, 0) is 60.3 Å². The molecule has 0 saturated heterocycles. The van der Waals surface area contributed by atoms with Crippen molar-refractivity contribution in [3.63, 3.8) is 0 Å². The van der Waals surface area contributed by atoms with E-state index in [4.69, 9.17) is 5.73 Å². The van der Waals surface area contributed by atoms with Gasteiger partial charge >= 0.3 is 11.9 Å². The largest absolute Gasteiger partial charge is 0.508 e. The molecule has 5 amide bonds. The maximum atomic E-state index is 14.0. The molecule has 0 aliphatic rings. The molecule has 0 saturated carbocycles. The molecule has 0 unspecified atom stereocenters. The number of phenolic OH excluding ortho intramolecular Hbond substituents is 1. The van der Waals surface area contributed by atoms with E-state index in [9.17, 15) is 48.9 Å². The summed E-state index contributed by atoms with van der Waals surface area (Å²) in [6.45, 7) is 10.7. The monoisotopic (exact) mass is 782 g/mol. The van der Waals surface area contributed by atoms with Gasteiger partial charge in [0.2, 0.25) is 29.5 Å². The van der Waals surface area contributed by atoms with E-state index >= 15 is 0 Å². The lowest BCUT2D eigenvalue weighted by Crippen LogP contribution is -2.60. The second-order valence-electron chi connectivity index (χ2n) is 15.2. The highest BCUT2D eigenvalue weighted by Crippen LogP contribution is 2.14. The van der Waals surface area contributed by atoms with Crippen molar-refractivity contribution in [3.05, 3.63) is 65.7 Å². The van der Waals surface area contributed by atoms with Crippen molar-refractivity contribution < 1.29 is 48.9 Å². The fraction of sp³-hybridized carbons (Fsp3) is 0.525. The molecule has 2 aromatic carbocycles. The van der Waals surface area contributed by atoms with E-state index in [1.54, 1.807) is 44.2 Å². The highest BCUT2D eigenvalue weighted by atomic mass is 16.4. The average molecular weight is 783 g/mol. The second-order valence-corrected chi connectivity index (χ2v) is 15.2. The average Bonchev–Trinajstić information content (AvgIpc) is 3.11. The van der Waals surface area contributed by atoms with Crippen molar-refractivity contribution in [2.75, 3.05) is 0 Å². The minimum atomic E-state index is -1.47. The molecular formula is C40H58N6O10. The molecule has 2 aromatic rings. The van der Waals surface area contributed by atoms with Gasteiger partial charge in [0.05, 0.1) is 6.04 Å². The van der Waals surface area contributed by atoms with Crippen LogP contribution in [0.2, 0.25) is 0 Å². The van der Waals surface area contributed by atoms with Crippen LogP contribution in [0.4, 0.5) is 0 Å². The van der Waals surface area contributed by atoms with Gasteiger partial charge in [-0.25, -0.2) is 4.79 Å². The van der Waals surface area contributed by atoms with Gasteiger partial charge in [0.15, 0.2) is 0 Å². The Morgan fingerprint density at radius 3 is 1.59 bits per heavy atom. The lowest BCUT2D eigenvalue weighted by atomic mass is 9.99. The number of rotatable bonds is 23. The Labute approximate surface area is 327 Å². The molecule has 0 spiro atoms. The maximum Gasteiger partial charge on any atom is 0.326 e. The number of amides is 5. The summed E-state index contributed by atoms with van der Waals surface area (Å²) in [6.07, 6.45) is -0.534. The van der Waals surface area contributed by atoms with Crippen molar-refractivity contribution in [1.82, 2.24) is 26.6 Å². The summed E-state index contributed by atoms with van der Waals surface area (Å²) in [6, 6.07) is 7.03. The van der Waals surface area contributed by atoms with Gasteiger partial charge in [0.1, 0.15) is 36.0 Å². The standard InChI is InChI=1S/C40H58N6O10/c1-22(2)18-28(41)35(50)43-30(19-23(3)4)37(52)42-29(16-17-33(48)49)36(51)44-31(20-26-12-14-27(47)15-13-26)38(53)46-34(24(5)6)39(54)45-32(40(55)56)21-25-10-8-7-9-11-25/h7-15,22-24,28-32,34,47H,16-21,41H2,1-6H3,(H,42,52)(H,43,50)(H,44,51)(H,45,54)(H,46,53)(H,48,49)(H,55,56)/t28-,29-,30-,31-,32-,34-/m0/s1. The molecule has 0 bridgehead atoms. The molecule has 0 radical (unpaired) electrons. The van der Waals surface area contributed by atoms with Crippen LogP contribution in [0.1, 0.15) is 78.4 Å². The van der Waals surface area contributed by atoms with E-state index in [-0.39, 0.29) is 43.3 Å². The number of carboxylic acids is 2. The summed E-state index contributed by atoms with van der Waals surface area (Å²) >= 11 is 0. The van der Waals surface area contributed by atoms with E-state index in [1.165, 1.54) is 24.3 Å². The molecule has 0 aromatic heterocycles. The van der Waals surface area contributed by atoms with E-state index in [0.29, 0.717) is 17.5 Å². The number of aromatic hydroxyl groups is 1. The summed E-state index contributed by atoms with van der Waals surface area (Å²) in [5, 5.41) is 42.1. The molecule has 6 atom stereocenters. The van der Waals surface area contributed by atoms with Crippen LogP contribution in [0.15, 0.2) is 54.6 Å². The molecule has 10 N–H and O–H groups in total. The zero-order valence-electron chi connectivity index (χ0n) is 32.9. The number of hydrogen-bond acceptors (Lipinski definition) is 9. The molecule has 16 nitrogen and oxygen atoms in total. The number of nitrogens with two attached hydrogens (primary N) is 1. The first kappa shape index (κ1) is 46.6. The molecule has 308 valence electrons. The third-order valence-electron chi connectivity index (χ3n) is 8.84. The SMILES string of the molecule is CC(C)C[C@H](NC(=O)[C@@H](N)CC(C)C)C(=O)N[C@@H](CCC(=O)O)C(=O)N[C@@H](Cc1ccc(O)cc1)C(=O)N[C@H](C(=O)N[C@@H](Cc1ccccc1)C(=O)O)C(C)C. The van der Waals surface area contributed by atoms with Crippen molar-refractivity contribution in [3.8, 4) is 5.75 Å². The van der Waals surface area contributed by atoms with Crippen LogP contribution >= 0.6 is 0 Å². The number of benzene rings is 2. The van der Waals surface area contributed by atoms with Gasteiger partial charge in [0, 0.05) is 19.3 Å². The third-order valence-corrected chi connectivity index (χ3v) is 8.84. The number of carbonyl (C=O) groups excluding carboxylic acids is 5. The van der Waals surface area contributed by atoms with E-state index < -0.39 is 90.1 Å². The topological polar surface area (TPSA) is 266 Å². The molecule has 56 heavy (non-hydrogen) atoms. The summed E-state index contributed by atoms with van der Waals surface area (Å²) in [7, 11) is 0. The number of hydrogen-bond donors (Lipinski definition) is 9. The number of aliphatic carboxylic acids is 2. The normalized spacial score (nSPS) is 14.5. The summed E-state index contributed by atoms with van der Waals surface area (Å²) in [4.78, 5) is 91.6. The van der Waals surface area contributed by atoms with E-state index in [0.717, 1.165) is 0 Å². The summed E-state index contributed by atoms with van der Waals surface area (Å²) in [5.74, 6) is -6.93. The van der Waals surface area contributed by atoms with Crippen molar-refractivity contribution >= 4 is 41.5 Å². The highest BCUT2D eigenvalue weighted by Gasteiger charge is 2.34. The van der Waals surface area contributed by atoms with Gasteiger partial charge < -0.3 is 47.6 Å².